The molecule has 3 heteroatoms. The van der Waals surface area contributed by atoms with Crippen LogP contribution in [0.25, 0.3) is 10.3 Å². The van der Waals surface area contributed by atoms with Crippen LogP contribution >= 0.6 is 11.3 Å². The number of nitrogens with zero attached hydrogens (tertiary/aromatic N) is 2. The number of aromatic nitrogens is 2. The minimum Gasteiger partial charge on any atom is -0.241 e. The van der Waals surface area contributed by atoms with Gasteiger partial charge in [0.2, 0.25) is 0 Å². The molecule has 0 amide bonds. The van der Waals surface area contributed by atoms with Gasteiger partial charge in [0, 0.05) is 11.6 Å². The molecule has 0 radical (unpaired) electrons. The summed E-state index contributed by atoms with van der Waals surface area (Å²) >= 11 is 1.68. The van der Waals surface area contributed by atoms with E-state index in [0.717, 1.165) is 21.0 Å². The average molecular weight is 244 g/mol. The maximum Gasteiger partial charge on any atom is 0.143 e. The van der Waals surface area contributed by atoms with Gasteiger partial charge in [0.15, 0.2) is 0 Å². The SMILES string of the molecule is C=CC=C(C)C(C)c1nc2ccc(C)nc2s1. The molecule has 2 rings (SSSR count). The summed E-state index contributed by atoms with van der Waals surface area (Å²) in [6, 6.07) is 4.04. The van der Waals surface area contributed by atoms with E-state index in [-0.39, 0.29) is 0 Å². The van der Waals surface area contributed by atoms with Crippen molar-refractivity contribution in [3.05, 3.63) is 47.1 Å². The van der Waals surface area contributed by atoms with Crippen molar-refractivity contribution in [3.8, 4) is 0 Å². The van der Waals surface area contributed by atoms with Gasteiger partial charge in [-0.2, -0.15) is 0 Å². The number of aryl methyl sites for hydroxylation is 1. The number of pyridine rings is 1. The molecule has 0 N–H and O–H groups in total. The van der Waals surface area contributed by atoms with E-state index in [4.69, 9.17) is 0 Å². The lowest BCUT2D eigenvalue weighted by atomic mass is 10.0. The van der Waals surface area contributed by atoms with Crippen molar-refractivity contribution in [2.24, 2.45) is 0 Å². The van der Waals surface area contributed by atoms with Gasteiger partial charge >= 0.3 is 0 Å². The normalized spacial score (nSPS) is 13.9. The van der Waals surface area contributed by atoms with Crippen LogP contribution in [0.2, 0.25) is 0 Å². The molecule has 0 fully saturated rings. The molecule has 2 aromatic heterocycles. The highest BCUT2D eigenvalue weighted by atomic mass is 32.1. The number of allylic oxidation sites excluding steroid dienone is 3. The van der Waals surface area contributed by atoms with Crippen LogP contribution in [0.15, 0.2) is 36.4 Å². The van der Waals surface area contributed by atoms with Crippen LogP contribution < -0.4 is 0 Å². The summed E-state index contributed by atoms with van der Waals surface area (Å²) in [5.41, 5.74) is 3.31. The Morgan fingerprint density at radius 3 is 2.88 bits per heavy atom. The molecular weight excluding hydrogens is 228 g/mol. The number of thiazole rings is 1. The Hall–Kier alpha value is -1.48. The van der Waals surface area contributed by atoms with Crippen molar-refractivity contribution >= 4 is 21.7 Å². The van der Waals surface area contributed by atoms with Crippen LogP contribution in [0.1, 0.15) is 30.5 Å². The predicted octanol–water partition coefficient (Wildman–Crippen LogP) is 4.24. The smallest absolute Gasteiger partial charge is 0.143 e. The summed E-state index contributed by atoms with van der Waals surface area (Å²) in [4.78, 5) is 10.2. The molecule has 1 atom stereocenters. The third kappa shape index (κ3) is 2.44. The molecule has 88 valence electrons. The van der Waals surface area contributed by atoms with Crippen molar-refractivity contribution in [1.29, 1.82) is 0 Å². The maximum atomic E-state index is 4.64. The first-order valence-electron chi connectivity index (χ1n) is 5.65. The lowest BCUT2D eigenvalue weighted by Gasteiger charge is -2.07. The number of hydrogen-bond donors (Lipinski definition) is 0. The van der Waals surface area contributed by atoms with Crippen LogP contribution in [0, 0.1) is 6.92 Å². The maximum absolute atomic E-state index is 4.64. The van der Waals surface area contributed by atoms with Gasteiger partial charge in [-0.25, -0.2) is 9.97 Å². The molecule has 0 spiro atoms. The standard InChI is InChI=1S/C14H16N2S/c1-5-6-9(2)11(4)13-16-12-8-7-10(3)15-14(12)17-13/h5-8,11H,1H2,2-4H3. The fourth-order valence-electron chi connectivity index (χ4n) is 1.64. The molecule has 0 aliphatic heterocycles. The van der Waals surface area contributed by atoms with Crippen molar-refractivity contribution in [2.45, 2.75) is 26.7 Å². The van der Waals surface area contributed by atoms with Crippen LogP contribution in [0.4, 0.5) is 0 Å². The molecule has 0 bridgehead atoms. The van der Waals surface area contributed by atoms with E-state index in [2.05, 4.69) is 30.4 Å². The van der Waals surface area contributed by atoms with Gasteiger partial charge in [-0.05, 0) is 26.0 Å². The fourth-order valence-corrected chi connectivity index (χ4v) is 2.75. The summed E-state index contributed by atoms with van der Waals surface area (Å²) in [7, 11) is 0. The van der Waals surface area contributed by atoms with Gasteiger partial charge in [-0.3, -0.25) is 0 Å². The highest BCUT2D eigenvalue weighted by Crippen LogP contribution is 2.30. The van der Waals surface area contributed by atoms with Gasteiger partial charge in [-0.1, -0.05) is 42.6 Å². The topological polar surface area (TPSA) is 25.8 Å². The van der Waals surface area contributed by atoms with Crippen molar-refractivity contribution in [1.82, 2.24) is 9.97 Å². The second kappa shape index (κ2) is 4.80. The lowest BCUT2D eigenvalue weighted by molar-refractivity contribution is 0.883. The summed E-state index contributed by atoms with van der Waals surface area (Å²) < 4.78 is 0. The Labute approximate surface area is 106 Å². The van der Waals surface area contributed by atoms with E-state index < -0.39 is 0 Å². The van der Waals surface area contributed by atoms with E-state index in [9.17, 15) is 0 Å². The number of hydrogen-bond acceptors (Lipinski definition) is 3. The second-order valence-corrected chi connectivity index (χ2v) is 5.21. The largest absolute Gasteiger partial charge is 0.241 e. The summed E-state index contributed by atoms with van der Waals surface area (Å²) in [5.74, 6) is 0.326. The predicted molar refractivity (Wildman–Crippen MR) is 74.5 cm³/mol. The first-order valence-corrected chi connectivity index (χ1v) is 6.46. The zero-order chi connectivity index (χ0) is 12.4. The molecule has 2 heterocycles. The zero-order valence-corrected chi connectivity index (χ0v) is 11.2. The van der Waals surface area contributed by atoms with E-state index >= 15 is 0 Å². The molecule has 0 saturated carbocycles. The van der Waals surface area contributed by atoms with Crippen molar-refractivity contribution in [3.63, 3.8) is 0 Å². The highest BCUT2D eigenvalue weighted by Gasteiger charge is 2.13. The third-order valence-electron chi connectivity index (χ3n) is 2.85. The Bertz CT molecular complexity index is 581. The van der Waals surface area contributed by atoms with Crippen molar-refractivity contribution in [2.75, 3.05) is 0 Å². The van der Waals surface area contributed by atoms with Crippen LogP contribution in [0.3, 0.4) is 0 Å². The molecule has 1 unspecified atom stereocenters. The van der Waals surface area contributed by atoms with Gasteiger partial charge in [0.05, 0.1) is 0 Å². The molecule has 0 saturated heterocycles. The van der Waals surface area contributed by atoms with E-state index in [1.807, 2.05) is 31.2 Å². The van der Waals surface area contributed by atoms with Crippen LogP contribution in [-0.2, 0) is 0 Å². The Balaban J connectivity index is 2.43. The first-order chi connectivity index (χ1) is 8.11. The first kappa shape index (κ1) is 12.0. The third-order valence-corrected chi connectivity index (χ3v) is 3.99. The number of fused-ring (bicyclic) bond motifs is 1. The second-order valence-electron chi connectivity index (χ2n) is 4.20. The van der Waals surface area contributed by atoms with Gasteiger partial charge < -0.3 is 0 Å². The van der Waals surface area contributed by atoms with Crippen molar-refractivity contribution < 1.29 is 0 Å². The molecule has 2 nitrogen and oxygen atoms in total. The molecule has 0 aliphatic rings. The summed E-state index contributed by atoms with van der Waals surface area (Å²) in [6.07, 6.45) is 3.86. The Kier molecular flexibility index (Phi) is 3.38. The lowest BCUT2D eigenvalue weighted by Crippen LogP contribution is -1.93. The molecule has 17 heavy (non-hydrogen) atoms. The van der Waals surface area contributed by atoms with Crippen LogP contribution in [-0.4, -0.2) is 9.97 Å². The molecule has 2 aromatic rings. The summed E-state index contributed by atoms with van der Waals surface area (Å²) in [5, 5.41) is 1.12. The average Bonchev–Trinajstić information content (AvgIpc) is 2.71. The monoisotopic (exact) mass is 244 g/mol. The van der Waals surface area contributed by atoms with Gasteiger partial charge in [0.25, 0.3) is 0 Å². The van der Waals surface area contributed by atoms with E-state index in [1.54, 1.807) is 11.3 Å². The highest BCUT2D eigenvalue weighted by molar-refractivity contribution is 7.18. The van der Waals surface area contributed by atoms with E-state index in [1.165, 1.54) is 5.57 Å². The van der Waals surface area contributed by atoms with Gasteiger partial charge in [0.1, 0.15) is 15.4 Å². The molecule has 0 aliphatic carbocycles. The van der Waals surface area contributed by atoms with Gasteiger partial charge in [-0.15, -0.1) is 0 Å². The number of rotatable bonds is 3. The minimum absolute atomic E-state index is 0.326. The Morgan fingerprint density at radius 1 is 1.41 bits per heavy atom. The summed E-state index contributed by atoms with van der Waals surface area (Å²) in [6.45, 7) is 10.0. The quantitative estimate of drug-likeness (QED) is 0.755. The minimum atomic E-state index is 0.326. The Morgan fingerprint density at radius 2 is 2.18 bits per heavy atom. The van der Waals surface area contributed by atoms with E-state index in [0.29, 0.717) is 5.92 Å². The van der Waals surface area contributed by atoms with Crippen LogP contribution in [0.5, 0.6) is 0 Å². The molecule has 0 aromatic carbocycles. The fraction of sp³-hybridized carbons (Fsp3) is 0.286. The zero-order valence-electron chi connectivity index (χ0n) is 10.4. The molecular formula is C14H16N2S.